The highest BCUT2D eigenvalue weighted by Crippen LogP contribution is 2.21. The van der Waals surface area contributed by atoms with Gasteiger partial charge in [-0.05, 0) is 45.8 Å². The number of hydrogen-bond donors (Lipinski definition) is 2. The van der Waals surface area contributed by atoms with Crippen molar-refractivity contribution in [2.24, 2.45) is 0 Å². The Bertz CT molecular complexity index is 565. The van der Waals surface area contributed by atoms with Crippen LogP contribution < -0.4 is 10.6 Å². The lowest BCUT2D eigenvalue weighted by Crippen LogP contribution is -2.33. The summed E-state index contributed by atoms with van der Waals surface area (Å²) in [6, 6.07) is 12.4. The number of aromatic nitrogens is 1. The van der Waals surface area contributed by atoms with Gasteiger partial charge in [-0.15, -0.1) is 0 Å². The molecular weight excluding hydrogens is 330 g/mol. The summed E-state index contributed by atoms with van der Waals surface area (Å²) in [4.78, 5) is 4.35. The van der Waals surface area contributed by atoms with Crippen molar-refractivity contribution in [3.05, 3.63) is 58.3 Å². The molecule has 2 heterocycles. The third-order valence-electron chi connectivity index (χ3n) is 3.47. The van der Waals surface area contributed by atoms with Gasteiger partial charge < -0.3 is 15.4 Å². The second kappa shape index (κ2) is 7.02. The van der Waals surface area contributed by atoms with Gasteiger partial charge in [-0.3, -0.25) is 4.98 Å². The van der Waals surface area contributed by atoms with Crippen LogP contribution in [-0.4, -0.2) is 24.7 Å². The maximum absolute atomic E-state index is 5.75. The molecule has 1 aromatic heterocycles. The number of pyridine rings is 1. The maximum Gasteiger partial charge on any atom is 0.0949 e. The van der Waals surface area contributed by atoms with Crippen LogP contribution in [0.15, 0.2) is 47.1 Å². The van der Waals surface area contributed by atoms with Crippen molar-refractivity contribution in [1.82, 2.24) is 10.3 Å². The fourth-order valence-electron chi connectivity index (χ4n) is 2.30. The van der Waals surface area contributed by atoms with E-state index in [4.69, 9.17) is 4.74 Å². The minimum Gasteiger partial charge on any atom is -0.379 e. The molecule has 1 atom stereocenters. The summed E-state index contributed by atoms with van der Waals surface area (Å²) in [5, 5.41) is 6.72. The zero-order chi connectivity index (χ0) is 14.5. The lowest BCUT2D eigenvalue weighted by atomic mass is 10.1. The van der Waals surface area contributed by atoms with Crippen LogP contribution in [0.2, 0.25) is 0 Å². The monoisotopic (exact) mass is 347 g/mol. The Morgan fingerprint density at radius 3 is 2.76 bits per heavy atom. The van der Waals surface area contributed by atoms with Crippen LogP contribution in [0.1, 0.15) is 17.4 Å². The molecule has 2 aromatic rings. The van der Waals surface area contributed by atoms with E-state index in [2.05, 4.69) is 55.8 Å². The first-order chi connectivity index (χ1) is 10.3. The molecule has 0 spiro atoms. The molecule has 21 heavy (non-hydrogen) atoms. The number of morpholine rings is 1. The first kappa shape index (κ1) is 14.5. The SMILES string of the molecule is Brc1ccc(CNc2ccc([C@H]3CNCCO3)cc2)nc1. The standard InChI is InChI=1S/C16H18BrN3O/c17-13-3-6-15(19-9-13)10-20-14-4-1-12(2-5-14)16-11-18-7-8-21-16/h1-6,9,16,18,20H,7-8,10-11H2/t16-/m1/s1. The third-order valence-corrected chi connectivity index (χ3v) is 3.94. The summed E-state index contributed by atoms with van der Waals surface area (Å²) >= 11 is 3.39. The Hall–Kier alpha value is -1.43. The molecule has 0 radical (unpaired) electrons. The van der Waals surface area contributed by atoms with Crippen molar-refractivity contribution in [3.63, 3.8) is 0 Å². The Balaban J connectivity index is 1.57. The number of halogens is 1. The van der Waals surface area contributed by atoms with Crippen molar-refractivity contribution in [1.29, 1.82) is 0 Å². The number of benzene rings is 1. The summed E-state index contributed by atoms with van der Waals surface area (Å²) in [6.45, 7) is 3.32. The molecule has 0 amide bonds. The summed E-state index contributed by atoms with van der Waals surface area (Å²) < 4.78 is 6.74. The summed E-state index contributed by atoms with van der Waals surface area (Å²) in [7, 11) is 0. The van der Waals surface area contributed by atoms with E-state index in [1.807, 2.05) is 18.3 Å². The molecule has 1 aliphatic heterocycles. The normalized spacial score (nSPS) is 18.4. The highest BCUT2D eigenvalue weighted by molar-refractivity contribution is 9.10. The summed E-state index contributed by atoms with van der Waals surface area (Å²) in [6.07, 6.45) is 1.98. The fourth-order valence-corrected chi connectivity index (χ4v) is 2.53. The van der Waals surface area contributed by atoms with E-state index in [0.717, 1.165) is 35.6 Å². The highest BCUT2D eigenvalue weighted by Gasteiger charge is 2.14. The van der Waals surface area contributed by atoms with Gasteiger partial charge in [0.15, 0.2) is 0 Å². The molecule has 5 heteroatoms. The van der Waals surface area contributed by atoms with Gasteiger partial charge in [0.2, 0.25) is 0 Å². The smallest absolute Gasteiger partial charge is 0.0949 e. The van der Waals surface area contributed by atoms with Gasteiger partial charge >= 0.3 is 0 Å². The van der Waals surface area contributed by atoms with Gasteiger partial charge in [-0.25, -0.2) is 0 Å². The zero-order valence-corrected chi connectivity index (χ0v) is 13.3. The van der Waals surface area contributed by atoms with Gasteiger partial charge in [-0.1, -0.05) is 12.1 Å². The third kappa shape index (κ3) is 4.03. The Morgan fingerprint density at radius 1 is 1.24 bits per heavy atom. The van der Waals surface area contributed by atoms with Crippen LogP contribution in [0.25, 0.3) is 0 Å². The van der Waals surface area contributed by atoms with Crippen molar-refractivity contribution in [3.8, 4) is 0 Å². The van der Waals surface area contributed by atoms with E-state index in [1.54, 1.807) is 0 Å². The Labute approximate surface area is 133 Å². The van der Waals surface area contributed by atoms with Crippen LogP contribution in [0.5, 0.6) is 0 Å². The zero-order valence-electron chi connectivity index (χ0n) is 11.7. The number of ether oxygens (including phenoxy) is 1. The average Bonchev–Trinajstić information content (AvgIpc) is 2.56. The molecule has 1 saturated heterocycles. The second-order valence-electron chi connectivity index (χ2n) is 5.01. The van der Waals surface area contributed by atoms with E-state index < -0.39 is 0 Å². The first-order valence-electron chi connectivity index (χ1n) is 7.08. The number of hydrogen-bond acceptors (Lipinski definition) is 4. The molecule has 0 bridgehead atoms. The van der Waals surface area contributed by atoms with E-state index in [9.17, 15) is 0 Å². The molecule has 3 rings (SSSR count). The van der Waals surface area contributed by atoms with Gasteiger partial charge in [-0.2, -0.15) is 0 Å². The van der Waals surface area contributed by atoms with Crippen LogP contribution in [-0.2, 0) is 11.3 Å². The van der Waals surface area contributed by atoms with Gasteiger partial charge in [0.1, 0.15) is 0 Å². The van der Waals surface area contributed by atoms with E-state index in [1.165, 1.54) is 5.56 Å². The van der Waals surface area contributed by atoms with E-state index in [0.29, 0.717) is 6.54 Å². The van der Waals surface area contributed by atoms with Crippen molar-refractivity contribution in [2.45, 2.75) is 12.6 Å². The first-order valence-corrected chi connectivity index (χ1v) is 7.87. The molecule has 1 aliphatic rings. The van der Waals surface area contributed by atoms with E-state index in [-0.39, 0.29) is 6.10 Å². The topological polar surface area (TPSA) is 46.2 Å². The fraction of sp³-hybridized carbons (Fsp3) is 0.312. The van der Waals surface area contributed by atoms with Crippen molar-refractivity contribution in [2.75, 3.05) is 25.0 Å². The minimum atomic E-state index is 0.168. The molecule has 0 saturated carbocycles. The van der Waals surface area contributed by atoms with Gasteiger partial charge in [0.25, 0.3) is 0 Å². The summed E-state index contributed by atoms with van der Waals surface area (Å²) in [5.74, 6) is 0. The second-order valence-corrected chi connectivity index (χ2v) is 5.92. The summed E-state index contributed by atoms with van der Waals surface area (Å²) in [5.41, 5.74) is 3.32. The quantitative estimate of drug-likeness (QED) is 0.891. The molecule has 1 aromatic carbocycles. The molecule has 110 valence electrons. The molecule has 4 nitrogen and oxygen atoms in total. The van der Waals surface area contributed by atoms with Crippen LogP contribution in [0.4, 0.5) is 5.69 Å². The van der Waals surface area contributed by atoms with Crippen LogP contribution >= 0.6 is 15.9 Å². The molecule has 2 N–H and O–H groups in total. The number of anilines is 1. The van der Waals surface area contributed by atoms with E-state index >= 15 is 0 Å². The molecule has 0 unspecified atom stereocenters. The van der Waals surface area contributed by atoms with Gasteiger partial charge in [0.05, 0.1) is 24.9 Å². The Kier molecular flexibility index (Phi) is 4.85. The molecule has 1 fully saturated rings. The molecule has 0 aliphatic carbocycles. The lowest BCUT2D eigenvalue weighted by Gasteiger charge is -2.24. The minimum absolute atomic E-state index is 0.168. The largest absolute Gasteiger partial charge is 0.379 e. The van der Waals surface area contributed by atoms with Crippen LogP contribution in [0.3, 0.4) is 0 Å². The highest BCUT2D eigenvalue weighted by atomic mass is 79.9. The molecular formula is C16H18BrN3O. The van der Waals surface area contributed by atoms with Crippen LogP contribution in [0, 0.1) is 0 Å². The number of nitrogens with one attached hydrogen (secondary N) is 2. The number of nitrogens with zero attached hydrogens (tertiary/aromatic N) is 1. The lowest BCUT2D eigenvalue weighted by molar-refractivity contribution is 0.0277. The van der Waals surface area contributed by atoms with Crippen molar-refractivity contribution < 1.29 is 4.74 Å². The van der Waals surface area contributed by atoms with Crippen molar-refractivity contribution >= 4 is 21.6 Å². The Morgan fingerprint density at radius 2 is 2.10 bits per heavy atom. The average molecular weight is 348 g/mol. The predicted molar refractivity (Wildman–Crippen MR) is 87.3 cm³/mol. The number of rotatable bonds is 4. The maximum atomic E-state index is 5.75. The predicted octanol–water partition coefficient (Wildman–Crippen LogP) is 3.12. The van der Waals surface area contributed by atoms with Gasteiger partial charge in [0, 0.05) is 29.4 Å².